The molecule has 1 N–H and O–H groups in total. The number of aromatic nitrogens is 2. The van der Waals surface area contributed by atoms with Crippen LogP contribution in [0.4, 0.5) is 0 Å². The van der Waals surface area contributed by atoms with Crippen molar-refractivity contribution in [1.29, 1.82) is 0 Å². The predicted molar refractivity (Wildman–Crippen MR) is 79.8 cm³/mol. The molecule has 1 aromatic rings. The normalized spacial score (nSPS) is 28.9. The van der Waals surface area contributed by atoms with Crippen LogP contribution in [0.5, 0.6) is 0 Å². The van der Waals surface area contributed by atoms with Crippen molar-refractivity contribution in [2.75, 3.05) is 0 Å². The zero-order valence-electron chi connectivity index (χ0n) is 12.7. The summed E-state index contributed by atoms with van der Waals surface area (Å²) < 4.78 is 2.02. The maximum Gasteiger partial charge on any atom is 0.303 e. The van der Waals surface area contributed by atoms with Crippen molar-refractivity contribution in [2.45, 2.75) is 70.6 Å². The minimum atomic E-state index is -0.645. The predicted octanol–water partition coefficient (Wildman–Crippen LogP) is 2.51. The Hall–Kier alpha value is -1.36. The number of fused-ring (bicyclic) bond motifs is 2. The number of piperidine rings is 1. The van der Waals surface area contributed by atoms with E-state index >= 15 is 0 Å². The number of nitrogens with zero attached hydrogens (tertiary/aromatic N) is 3. The van der Waals surface area contributed by atoms with E-state index in [-0.39, 0.29) is 0 Å². The molecule has 3 rings (SSSR count). The van der Waals surface area contributed by atoms with Gasteiger partial charge in [0.05, 0.1) is 6.20 Å². The lowest BCUT2D eigenvalue weighted by Gasteiger charge is -2.38. The molecular formula is C16H25N3O2. The molecule has 5 heteroatoms. The number of hydrogen-bond acceptors (Lipinski definition) is 3. The first-order valence-electron chi connectivity index (χ1n) is 8.14. The molecule has 21 heavy (non-hydrogen) atoms. The summed E-state index contributed by atoms with van der Waals surface area (Å²) in [5.41, 5.74) is 1.29. The zero-order chi connectivity index (χ0) is 14.8. The number of rotatable bonds is 6. The van der Waals surface area contributed by atoms with Gasteiger partial charge in [0.1, 0.15) is 0 Å². The Kier molecular flexibility index (Phi) is 4.29. The summed E-state index contributed by atoms with van der Waals surface area (Å²) in [6.45, 7) is 4.11. The lowest BCUT2D eigenvalue weighted by atomic mass is 9.88. The van der Waals surface area contributed by atoms with Crippen LogP contribution in [-0.4, -0.2) is 37.8 Å². The zero-order valence-corrected chi connectivity index (χ0v) is 12.7. The first-order valence-corrected chi connectivity index (χ1v) is 8.14. The van der Waals surface area contributed by atoms with Crippen LogP contribution in [0.1, 0.15) is 51.0 Å². The summed E-state index contributed by atoms with van der Waals surface area (Å²) in [5, 5.41) is 13.4. The highest BCUT2D eigenvalue weighted by molar-refractivity contribution is 5.67. The smallest absolute Gasteiger partial charge is 0.303 e. The van der Waals surface area contributed by atoms with Gasteiger partial charge in [0.25, 0.3) is 0 Å². The molecule has 2 atom stereocenters. The van der Waals surface area contributed by atoms with Crippen LogP contribution < -0.4 is 0 Å². The van der Waals surface area contributed by atoms with Crippen molar-refractivity contribution in [3.8, 4) is 0 Å². The first-order chi connectivity index (χ1) is 10.2. The number of carboxylic acid groups (broad SMARTS) is 1. The molecule has 0 aliphatic carbocycles. The number of carbonyl (C=O) groups is 1. The van der Waals surface area contributed by atoms with Crippen molar-refractivity contribution in [1.82, 2.24) is 14.7 Å². The van der Waals surface area contributed by atoms with Gasteiger partial charge in [0, 0.05) is 43.4 Å². The van der Waals surface area contributed by atoms with Gasteiger partial charge >= 0.3 is 5.97 Å². The summed E-state index contributed by atoms with van der Waals surface area (Å²) in [5.74, 6) is -0.271. The standard InChI is InChI=1S/C16H25N3O2/c1-2-5-18-10-13(9-17-18)11-19-14-3-4-15(19)7-12(6-14)8-16(20)21/h9-10,12,14-15H,2-8,11H2,1H3,(H,20,21). The Morgan fingerprint density at radius 2 is 2.10 bits per heavy atom. The fourth-order valence-electron chi connectivity index (χ4n) is 4.11. The van der Waals surface area contributed by atoms with E-state index in [9.17, 15) is 4.79 Å². The second kappa shape index (κ2) is 6.18. The van der Waals surface area contributed by atoms with Crippen molar-refractivity contribution in [3.63, 3.8) is 0 Å². The number of aliphatic carboxylic acids is 1. The summed E-state index contributed by atoms with van der Waals surface area (Å²) in [7, 11) is 0. The molecule has 2 aliphatic heterocycles. The molecule has 1 aromatic heterocycles. The maximum absolute atomic E-state index is 10.9. The number of hydrogen-bond donors (Lipinski definition) is 1. The van der Waals surface area contributed by atoms with Crippen molar-refractivity contribution < 1.29 is 9.90 Å². The molecule has 0 saturated carbocycles. The maximum atomic E-state index is 10.9. The molecule has 0 aromatic carbocycles. The number of aryl methyl sites for hydroxylation is 1. The fraction of sp³-hybridized carbons (Fsp3) is 0.750. The van der Waals surface area contributed by atoms with Gasteiger partial charge in [-0.25, -0.2) is 0 Å². The van der Waals surface area contributed by atoms with Gasteiger partial charge < -0.3 is 5.11 Å². The number of carboxylic acids is 1. The lowest BCUT2D eigenvalue weighted by Crippen LogP contribution is -2.42. The van der Waals surface area contributed by atoms with Gasteiger partial charge in [0.15, 0.2) is 0 Å². The van der Waals surface area contributed by atoms with Crippen LogP contribution in [0.15, 0.2) is 12.4 Å². The van der Waals surface area contributed by atoms with Crippen LogP contribution in [0, 0.1) is 5.92 Å². The minimum Gasteiger partial charge on any atom is -0.481 e. The van der Waals surface area contributed by atoms with Crippen molar-refractivity contribution in [2.24, 2.45) is 5.92 Å². The average Bonchev–Trinajstić information content (AvgIpc) is 2.94. The Labute approximate surface area is 125 Å². The quantitative estimate of drug-likeness (QED) is 0.875. The monoisotopic (exact) mass is 291 g/mol. The highest BCUT2D eigenvalue weighted by Gasteiger charge is 2.40. The van der Waals surface area contributed by atoms with E-state index in [0.717, 1.165) is 32.4 Å². The Morgan fingerprint density at radius 3 is 2.71 bits per heavy atom. The third-order valence-corrected chi connectivity index (χ3v) is 4.95. The van der Waals surface area contributed by atoms with Crippen LogP contribution >= 0.6 is 0 Å². The molecule has 0 spiro atoms. The third kappa shape index (κ3) is 3.28. The van der Waals surface area contributed by atoms with Gasteiger partial charge in [-0.3, -0.25) is 14.4 Å². The van der Waals surface area contributed by atoms with Gasteiger partial charge in [-0.2, -0.15) is 5.10 Å². The molecule has 3 heterocycles. The fourth-order valence-corrected chi connectivity index (χ4v) is 4.11. The molecule has 116 valence electrons. The third-order valence-electron chi connectivity index (χ3n) is 4.95. The second-order valence-electron chi connectivity index (χ2n) is 6.60. The SMILES string of the molecule is CCCn1cc(CN2C3CCC2CC(CC(=O)O)C3)cn1. The van der Waals surface area contributed by atoms with E-state index < -0.39 is 5.97 Å². The molecule has 2 bridgehead atoms. The van der Waals surface area contributed by atoms with E-state index in [4.69, 9.17) is 5.11 Å². The molecule has 0 radical (unpaired) electrons. The van der Waals surface area contributed by atoms with E-state index in [0.29, 0.717) is 24.4 Å². The van der Waals surface area contributed by atoms with E-state index in [1.165, 1.54) is 18.4 Å². The van der Waals surface area contributed by atoms with Crippen molar-refractivity contribution in [3.05, 3.63) is 18.0 Å². The molecule has 2 fully saturated rings. The summed E-state index contributed by atoms with van der Waals surface area (Å²) >= 11 is 0. The van der Waals surface area contributed by atoms with E-state index in [1.807, 2.05) is 10.9 Å². The van der Waals surface area contributed by atoms with Gasteiger partial charge in [-0.1, -0.05) is 6.92 Å². The van der Waals surface area contributed by atoms with Crippen LogP contribution in [0.3, 0.4) is 0 Å². The Bertz CT molecular complexity index is 485. The molecule has 0 amide bonds. The average molecular weight is 291 g/mol. The molecule has 5 nitrogen and oxygen atoms in total. The first kappa shape index (κ1) is 14.6. The highest BCUT2D eigenvalue weighted by Crippen LogP contribution is 2.40. The topological polar surface area (TPSA) is 58.4 Å². The van der Waals surface area contributed by atoms with E-state index in [1.54, 1.807) is 0 Å². The van der Waals surface area contributed by atoms with Crippen LogP contribution in [0.25, 0.3) is 0 Å². The molecule has 2 saturated heterocycles. The minimum absolute atomic E-state index is 0.343. The van der Waals surface area contributed by atoms with Crippen LogP contribution in [0.2, 0.25) is 0 Å². The summed E-state index contributed by atoms with van der Waals surface area (Å²) in [6, 6.07) is 1.14. The lowest BCUT2D eigenvalue weighted by molar-refractivity contribution is -0.138. The molecule has 2 aliphatic rings. The Morgan fingerprint density at radius 1 is 1.38 bits per heavy atom. The molecule has 2 unspecified atom stereocenters. The molecular weight excluding hydrogens is 266 g/mol. The second-order valence-corrected chi connectivity index (χ2v) is 6.60. The van der Waals surface area contributed by atoms with Gasteiger partial charge in [-0.05, 0) is 38.0 Å². The van der Waals surface area contributed by atoms with E-state index in [2.05, 4.69) is 23.1 Å². The summed E-state index contributed by atoms with van der Waals surface area (Å²) in [6.07, 6.45) is 10.1. The van der Waals surface area contributed by atoms with Crippen molar-refractivity contribution >= 4 is 5.97 Å². The largest absolute Gasteiger partial charge is 0.481 e. The van der Waals surface area contributed by atoms with Gasteiger partial charge in [0.2, 0.25) is 0 Å². The van der Waals surface area contributed by atoms with Crippen LogP contribution in [-0.2, 0) is 17.9 Å². The highest BCUT2D eigenvalue weighted by atomic mass is 16.4. The Balaban J connectivity index is 1.61. The van der Waals surface area contributed by atoms with Gasteiger partial charge in [-0.15, -0.1) is 0 Å². The summed E-state index contributed by atoms with van der Waals surface area (Å²) in [4.78, 5) is 13.5.